The van der Waals surface area contributed by atoms with Crippen molar-refractivity contribution in [1.29, 1.82) is 0 Å². The molecule has 0 fully saturated rings. The maximum absolute atomic E-state index is 11.9. The van der Waals surface area contributed by atoms with Gasteiger partial charge in [0.25, 0.3) is 0 Å². The number of nitrogens with zero attached hydrogens (tertiary/aromatic N) is 2. The molecule has 0 aliphatic carbocycles. The Bertz CT molecular complexity index is 485. The molecule has 114 valence electrons. The molecule has 0 N–H and O–H groups in total. The Morgan fingerprint density at radius 3 is 2.76 bits per heavy atom. The third-order valence-corrected chi connectivity index (χ3v) is 3.69. The molecular formula is C17H24N2O2. The van der Waals surface area contributed by atoms with E-state index in [1.54, 1.807) is 0 Å². The number of benzene rings is 1. The van der Waals surface area contributed by atoms with Crippen molar-refractivity contribution in [3.8, 4) is 0 Å². The van der Waals surface area contributed by atoms with Crippen LogP contribution in [0, 0.1) is 0 Å². The van der Waals surface area contributed by atoms with E-state index in [0.717, 1.165) is 25.8 Å². The number of esters is 1. The molecule has 0 saturated heterocycles. The zero-order chi connectivity index (χ0) is 15.1. The second-order valence-corrected chi connectivity index (χ2v) is 5.35. The Balaban J connectivity index is 2.06. The van der Waals surface area contributed by atoms with Crippen LogP contribution in [0.25, 0.3) is 0 Å². The van der Waals surface area contributed by atoms with Crippen LogP contribution in [0.5, 0.6) is 0 Å². The quantitative estimate of drug-likeness (QED) is 0.722. The van der Waals surface area contributed by atoms with E-state index in [-0.39, 0.29) is 5.97 Å². The molecular weight excluding hydrogens is 264 g/mol. The van der Waals surface area contributed by atoms with E-state index in [9.17, 15) is 4.79 Å². The molecule has 0 amide bonds. The summed E-state index contributed by atoms with van der Waals surface area (Å²) in [7, 11) is 0. The number of unbranched alkanes of at least 4 members (excludes halogenated alkanes) is 1. The van der Waals surface area contributed by atoms with E-state index >= 15 is 0 Å². The van der Waals surface area contributed by atoms with Crippen LogP contribution in [0.1, 0.15) is 45.1 Å². The molecule has 21 heavy (non-hydrogen) atoms. The lowest BCUT2D eigenvalue weighted by Crippen LogP contribution is -2.26. The number of carbonyl (C=O) groups excluding carboxylic acids is 1. The van der Waals surface area contributed by atoms with Crippen molar-refractivity contribution in [2.75, 3.05) is 6.61 Å². The van der Waals surface area contributed by atoms with E-state index < -0.39 is 0 Å². The Morgan fingerprint density at radius 2 is 2.10 bits per heavy atom. The lowest BCUT2D eigenvalue weighted by Gasteiger charge is -2.23. The topological polar surface area (TPSA) is 41.9 Å². The second-order valence-electron chi connectivity index (χ2n) is 5.35. The zero-order valence-electron chi connectivity index (χ0n) is 12.9. The van der Waals surface area contributed by atoms with E-state index in [1.807, 2.05) is 25.1 Å². The number of ether oxygens (including phenoxy) is 1. The van der Waals surface area contributed by atoms with E-state index in [1.165, 1.54) is 5.56 Å². The minimum atomic E-state index is -0.269. The molecule has 0 bridgehead atoms. The second kappa shape index (κ2) is 7.81. The molecule has 0 radical (unpaired) electrons. The van der Waals surface area contributed by atoms with Gasteiger partial charge in [-0.3, -0.25) is 5.01 Å². The highest BCUT2D eigenvalue weighted by Gasteiger charge is 2.30. The van der Waals surface area contributed by atoms with Crippen LogP contribution in [0.15, 0.2) is 35.4 Å². The summed E-state index contributed by atoms with van der Waals surface area (Å²) >= 11 is 0. The van der Waals surface area contributed by atoms with Gasteiger partial charge >= 0.3 is 5.97 Å². The molecule has 1 aromatic carbocycles. The van der Waals surface area contributed by atoms with Gasteiger partial charge in [-0.2, -0.15) is 5.10 Å². The molecule has 0 spiro atoms. The average Bonchev–Trinajstić information content (AvgIpc) is 2.89. The van der Waals surface area contributed by atoms with Gasteiger partial charge in [0.2, 0.25) is 0 Å². The molecule has 1 aliphatic rings. The highest BCUT2D eigenvalue weighted by molar-refractivity contribution is 6.36. The van der Waals surface area contributed by atoms with Crippen LogP contribution in [0.2, 0.25) is 0 Å². The van der Waals surface area contributed by atoms with Crippen LogP contribution in [0.4, 0.5) is 0 Å². The molecule has 1 unspecified atom stereocenters. The summed E-state index contributed by atoms with van der Waals surface area (Å²) in [5.41, 5.74) is 1.78. The van der Waals surface area contributed by atoms with Crippen molar-refractivity contribution in [2.45, 2.75) is 52.1 Å². The van der Waals surface area contributed by atoms with Crippen LogP contribution in [-0.4, -0.2) is 29.3 Å². The van der Waals surface area contributed by atoms with Crippen molar-refractivity contribution in [3.05, 3.63) is 35.9 Å². The summed E-state index contributed by atoms with van der Waals surface area (Å²) < 4.78 is 5.08. The minimum Gasteiger partial charge on any atom is -0.461 e. The maximum atomic E-state index is 11.9. The van der Waals surface area contributed by atoms with Crippen molar-refractivity contribution in [2.24, 2.45) is 5.10 Å². The maximum Gasteiger partial charge on any atom is 0.354 e. The first kappa shape index (κ1) is 15.5. The molecule has 1 heterocycles. The molecule has 1 aromatic rings. The number of hydrogen-bond donors (Lipinski definition) is 0. The number of rotatable bonds is 7. The number of hydrogen-bond acceptors (Lipinski definition) is 4. The Hall–Kier alpha value is -1.84. The third kappa shape index (κ3) is 4.31. The molecule has 2 rings (SSSR count). The molecule has 4 heteroatoms. The third-order valence-electron chi connectivity index (χ3n) is 3.69. The first-order valence-electron chi connectivity index (χ1n) is 7.79. The van der Waals surface area contributed by atoms with E-state index in [2.05, 4.69) is 29.2 Å². The van der Waals surface area contributed by atoms with Gasteiger partial charge in [0.15, 0.2) is 0 Å². The molecule has 0 saturated carbocycles. The van der Waals surface area contributed by atoms with E-state index in [4.69, 9.17) is 4.74 Å². The molecule has 0 aromatic heterocycles. The van der Waals surface area contributed by atoms with Crippen LogP contribution < -0.4 is 0 Å². The fraction of sp³-hybridized carbons (Fsp3) is 0.529. The first-order chi connectivity index (χ1) is 10.2. The SMILES string of the molecule is CCCCC1CC(C(=O)OCC)=NN1Cc1ccccc1. The monoisotopic (exact) mass is 288 g/mol. The highest BCUT2D eigenvalue weighted by Crippen LogP contribution is 2.23. The largest absolute Gasteiger partial charge is 0.461 e. The summed E-state index contributed by atoms with van der Waals surface area (Å²) in [5, 5.41) is 6.56. The summed E-state index contributed by atoms with van der Waals surface area (Å²) in [4.78, 5) is 11.9. The lowest BCUT2D eigenvalue weighted by atomic mass is 10.0. The smallest absolute Gasteiger partial charge is 0.354 e. The normalized spacial score (nSPS) is 17.7. The fourth-order valence-electron chi connectivity index (χ4n) is 2.57. The zero-order valence-corrected chi connectivity index (χ0v) is 12.9. The first-order valence-corrected chi connectivity index (χ1v) is 7.79. The molecule has 1 aliphatic heterocycles. The number of hydrazone groups is 1. The van der Waals surface area contributed by atoms with Crippen molar-refractivity contribution in [3.63, 3.8) is 0 Å². The predicted octanol–water partition coefficient (Wildman–Crippen LogP) is 3.37. The van der Waals surface area contributed by atoms with Gasteiger partial charge in [0.05, 0.1) is 19.2 Å². The highest BCUT2D eigenvalue weighted by atomic mass is 16.5. The minimum absolute atomic E-state index is 0.269. The van der Waals surface area contributed by atoms with Gasteiger partial charge in [-0.1, -0.05) is 50.1 Å². The summed E-state index contributed by atoms with van der Waals surface area (Å²) in [6.45, 7) is 5.15. The van der Waals surface area contributed by atoms with Crippen LogP contribution >= 0.6 is 0 Å². The van der Waals surface area contributed by atoms with Crippen LogP contribution in [-0.2, 0) is 16.1 Å². The lowest BCUT2D eigenvalue weighted by molar-refractivity contribution is -0.135. The standard InChI is InChI=1S/C17H24N2O2/c1-3-5-11-15-12-16(17(20)21-4-2)18-19(15)13-14-9-7-6-8-10-14/h6-10,15H,3-5,11-13H2,1-2H3. The fourth-order valence-corrected chi connectivity index (χ4v) is 2.57. The van der Waals surface area contributed by atoms with Gasteiger partial charge < -0.3 is 4.74 Å². The van der Waals surface area contributed by atoms with Gasteiger partial charge in [-0.05, 0) is 18.9 Å². The van der Waals surface area contributed by atoms with Crippen molar-refractivity contribution in [1.82, 2.24) is 5.01 Å². The predicted molar refractivity (Wildman–Crippen MR) is 84.0 cm³/mol. The van der Waals surface area contributed by atoms with Gasteiger partial charge in [-0.15, -0.1) is 0 Å². The Labute approximate surface area is 126 Å². The molecule has 1 atom stereocenters. The van der Waals surface area contributed by atoms with Gasteiger partial charge in [0, 0.05) is 6.42 Å². The Morgan fingerprint density at radius 1 is 1.33 bits per heavy atom. The summed E-state index contributed by atoms with van der Waals surface area (Å²) in [5.74, 6) is -0.269. The van der Waals surface area contributed by atoms with Crippen LogP contribution in [0.3, 0.4) is 0 Å². The molecule has 4 nitrogen and oxygen atoms in total. The van der Waals surface area contributed by atoms with Crippen molar-refractivity contribution < 1.29 is 9.53 Å². The Kier molecular flexibility index (Phi) is 5.78. The van der Waals surface area contributed by atoms with Gasteiger partial charge in [-0.25, -0.2) is 4.79 Å². The summed E-state index contributed by atoms with van der Waals surface area (Å²) in [6.07, 6.45) is 4.08. The van der Waals surface area contributed by atoms with Gasteiger partial charge in [0.1, 0.15) is 5.71 Å². The number of carbonyl (C=O) groups is 1. The van der Waals surface area contributed by atoms with E-state index in [0.29, 0.717) is 24.8 Å². The van der Waals surface area contributed by atoms with Crippen molar-refractivity contribution >= 4 is 11.7 Å². The average molecular weight is 288 g/mol. The summed E-state index contributed by atoms with van der Waals surface area (Å²) in [6, 6.07) is 10.6.